The number of hydrogen-bond donors (Lipinski definition) is 0. The topological polar surface area (TPSA) is 18.5 Å². The van der Waals surface area contributed by atoms with E-state index >= 15 is 0 Å². The summed E-state index contributed by atoms with van der Waals surface area (Å²) in [6.07, 6.45) is 3.28. The van der Waals surface area contributed by atoms with Crippen molar-refractivity contribution in [3.8, 4) is 0 Å². The van der Waals surface area contributed by atoms with Gasteiger partial charge in [-0.15, -0.1) is 0 Å². The van der Waals surface area contributed by atoms with Gasteiger partial charge in [0.25, 0.3) is 0 Å². The van der Waals surface area contributed by atoms with Crippen molar-refractivity contribution in [1.29, 1.82) is 0 Å². The Bertz CT molecular complexity index is 120. The first-order valence-corrected chi connectivity index (χ1v) is 19.2. The van der Waals surface area contributed by atoms with Crippen LogP contribution >= 0.6 is 11.9 Å². The normalized spacial score (nSPS) is 31.7. The predicted molar refractivity (Wildman–Crippen MR) is 38.3 cm³/mol. The molecule has 0 aromatic rings. The predicted octanol–water partition coefficient (Wildman–Crippen LogP) is 2.07. The SMILES string of the molecule is C=C[C@@H]1C[C@@H]([CH2][Hg][Br])OO1. The molecular formula is C6H9BrHgO2. The van der Waals surface area contributed by atoms with Crippen molar-refractivity contribution in [2.75, 3.05) is 0 Å². The van der Waals surface area contributed by atoms with Crippen molar-refractivity contribution in [2.24, 2.45) is 0 Å². The summed E-state index contributed by atoms with van der Waals surface area (Å²) in [5.41, 5.74) is 0. The van der Waals surface area contributed by atoms with E-state index < -0.39 is 22.1 Å². The van der Waals surface area contributed by atoms with Crippen molar-refractivity contribution in [2.45, 2.75) is 22.6 Å². The second-order valence-corrected chi connectivity index (χ2v) is 13.0. The van der Waals surface area contributed by atoms with E-state index in [1.165, 1.54) is 3.93 Å². The quantitative estimate of drug-likeness (QED) is 0.415. The molecule has 0 radical (unpaired) electrons. The molecule has 0 aromatic carbocycles. The molecule has 0 aliphatic carbocycles. The zero-order valence-electron chi connectivity index (χ0n) is 5.75. The van der Waals surface area contributed by atoms with Crippen molar-refractivity contribution < 1.29 is 31.9 Å². The molecule has 54 valence electrons. The standard InChI is InChI=1S/C6H9O2.BrH.Hg/c1-3-6-4-5(2)7-8-6;;/h3,5-6H,1-2,4H2;1H;/q;;+1/p-1/t5-,6-;;/m1../s1. The van der Waals surface area contributed by atoms with Crippen LogP contribution < -0.4 is 0 Å². The molecule has 0 N–H and O–H groups in total. The van der Waals surface area contributed by atoms with E-state index in [4.69, 9.17) is 9.78 Å². The summed E-state index contributed by atoms with van der Waals surface area (Å²) in [6.45, 7) is 3.64. The van der Waals surface area contributed by atoms with E-state index in [0.29, 0.717) is 6.10 Å². The van der Waals surface area contributed by atoms with Crippen molar-refractivity contribution >= 4 is 11.9 Å². The summed E-state index contributed by atoms with van der Waals surface area (Å²) in [5.74, 6) is 0. The van der Waals surface area contributed by atoms with E-state index in [2.05, 4.69) is 18.5 Å². The van der Waals surface area contributed by atoms with Crippen LogP contribution in [-0.2, 0) is 31.9 Å². The van der Waals surface area contributed by atoms with Crippen LogP contribution in [0.15, 0.2) is 12.7 Å². The summed E-state index contributed by atoms with van der Waals surface area (Å²) in [6, 6.07) is 0. The summed E-state index contributed by atoms with van der Waals surface area (Å²) in [5, 5.41) is 0. The van der Waals surface area contributed by atoms with Crippen LogP contribution in [0.3, 0.4) is 0 Å². The summed E-state index contributed by atoms with van der Waals surface area (Å²) in [4.78, 5) is 10.0. The summed E-state index contributed by atoms with van der Waals surface area (Å²) < 4.78 is 1.23. The van der Waals surface area contributed by atoms with Gasteiger partial charge in [-0.25, -0.2) is 0 Å². The van der Waals surface area contributed by atoms with E-state index in [1.807, 2.05) is 0 Å². The van der Waals surface area contributed by atoms with E-state index in [0.717, 1.165) is 6.42 Å². The van der Waals surface area contributed by atoms with Gasteiger partial charge < -0.3 is 0 Å². The molecule has 2 nitrogen and oxygen atoms in total. The average molecular weight is 394 g/mol. The fourth-order valence-corrected chi connectivity index (χ4v) is 7.63. The van der Waals surface area contributed by atoms with Crippen LogP contribution in [0.1, 0.15) is 6.42 Å². The first kappa shape index (κ1) is 9.17. The second kappa shape index (κ2) is 4.85. The molecule has 2 atom stereocenters. The van der Waals surface area contributed by atoms with Gasteiger partial charge in [0.15, 0.2) is 0 Å². The first-order chi connectivity index (χ1) is 4.86. The Balaban J connectivity index is 2.21. The van der Waals surface area contributed by atoms with Crippen molar-refractivity contribution in [1.82, 2.24) is 0 Å². The third-order valence-electron chi connectivity index (χ3n) is 1.50. The van der Waals surface area contributed by atoms with Gasteiger partial charge in [-0.3, -0.25) is 0 Å². The average Bonchev–Trinajstić information content (AvgIpc) is 2.37. The van der Waals surface area contributed by atoms with Gasteiger partial charge in [-0.05, 0) is 0 Å². The van der Waals surface area contributed by atoms with Crippen LogP contribution in [0, 0.1) is 0 Å². The Labute approximate surface area is 78.6 Å². The third kappa shape index (κ3) is 2.60. The Morgan fingerprint density at radius 1 is 1.70 bits per heavy atom. The Kier molecular flexibility index (Phi) is 4.45. The molecule has 1 fully saturated rings. The van der Waals surface area contributed by atoms with Gasteiger partial charge in [0, 0.05) is 0 Å². The van der Waals surface area contributed by atoms with Gasteiger partial charge in [0.05, 0.1) is 0 Å². The van der Waals surface area contributed by atoms with Crippen LogP contribution in [0.5, 0.6) is 0 Å². The van der Waals surface area contributed by atoms with Crippen molar-refractivity contribution in [3.63, 3.8) is 0 Å². The fourth-order valence-electron chi connectivity index (χ4n) is 0.911. The minimum atomic E-state index is -0.694. The molecule has 0 unspecified atom stereocenters. The zero-order valence-corrected chi connectivity index (χ0v) is 12.8. The molecule has 1 heterocycles. The molecule has 0 saturated carbocycles. The fraction of sp³-hybridized carbons (Fsp3) is 0.667. The number of hydrogen-bond acceptors (Lipinski definition) is 2. The third-order valence-corrected chi connectivity index (χ3v) is 8.87. The number of rotatable bonds is 3. The molecule has 10 heavy (non-hydrogen) atoms. The molecular weight excluding hydrogens is 385 g/mol. The molecule has 1 rings (SSSR count). The summed E-state index contributed by atoms with van der Waals surface area (Å²) >= 11 is 2.87. The van der Waals surface area contributed by atoms with Gasteiger partial charge in [-0.2, -0.15) is 0 Å². The van der Waals surface area contributed by atoms with E-state index in [9.17, 15) is 0 Å². The second-order valence-electron chi connectivity index (χ2n) is 2.30. The molecule has 4 heteroatoms. The van der Waals surface area contributed by atoms with Crippen LogP contribution in [0.4, 0.5) is 0 Å². The Morgan fingerprint density at radius 2 is 2.50 bits per heavy atom. The molecule has 0 spiro atoms. The van der Waals surface area contributed by atoms with Gasteiger partial charge in [-0.1, -0.05) is 0 Å². The Hall–Kier alpha value is 1.08. The van der Waals surface area contributed by atoms with Crippen LogP contribution in [0.2, 0.25) is 3.93 Å². The molecule has 0 bridgehead atoms. The zero-order chi connectivity index (χ0) is 7.40. The summed E-state index contributed by atoms with van der Waals surface area (Å²) in [7, 11) is 0. The molecule has 1 saturated heterocycles. The van der Waals surface area contributed by atoms with E-state index in [1.54, 1.807) is 6.08 Å². The first-order valence-electron chi connectivity index (χ1n) is 3.37. The van der Waals surface area contributed by atoms with Gasteiger partial charge in [0.1, 0.15) is 0 Å². The van der Waals surface area contributed by atoms with E-state index in [-0.39, 0.29) is 6.10 Å². The molecule has 1 aliphatic rings. The minimum absolute atomic E-state index is 0.137. The maximum atomic E-state index is 5.05. The van der Waals surface area contributed by atoms with Gasteiger partial charge >= 0.3 is 79.0 Å². The maximum absolute atomic E-state index is 5.05. The number of halogens is 1. The van der Waals surface area contributed by atoms with Crippen LogP contribution in [0.25, 0.3) is 0 Å². The van der Waals surface area contributed by atoms with Crippen LogP contribution in [-0.4, -0.2) is 12.2 Å². The van der Waals surface area contributed by atoms with Crippen molar-refractivity contribution in [3.05, 3.63) is 12.7 Å². The molecule has 0 amide bonds. The Morgan fingerprint density at radius 3 is 3.00 bits per heavy atom. The monoisotopic (exact) mass is 394 g/mol. The van der Waals surface area contributed by atoms with Gasteiger partial charge in [0.2, 0.25) is 0 Å². The molecule has 0 aromatic heterocycles. The molecule has 1 aliphatic heterocycles.